The normalized spacial score (nSPS) is 51.2. The molecule has 0 aromatic rings. The predicted molar refractivity (Wildman–Crippen MR) is 74.9 cm³/mol. The number of hydrogen-bond donors (Lipinski definition) is 0. The van der Waals surface area contributed by atoms with E-state index in [-0.39, 0.29) is 6.04 Å². The van der Waals surface area contributed by atoms with Gasteiger partial charge in [0.15, 0.2) is 0 Å². The third-order valence-electron chi connectivity index (χ3n) is 6.72. The molecule has 4 unspecified atom stereocenters. The summed E-state index contributed by atoms with van der Waals surface area (Å²) in [5, 5.41) is 9.75. The second-order valence-electron chi connectivity index (χ2n) is 7.40. The van der Waals surface area contributed by atoms with E-state index in [0.29, 0.717) is 18.4 Å². The topological polar surface area (TPSA) is 45.4 Å². The maximum atomic E-state index is 9.75. The number of allylic oxidation sites excluding steroid dienone is 1. The van der Waals surface area contributed by atoms with Crippen molar-refractivity contribution in [2.45, 2.75) is 38.6 Å². The Morgan fingerprint density at radius 2 is 1.65 bits per heavy atom. The van der Waals surface area contributed by atoms with Crippen LogP contribution >= 0.6 is 0 Å². The van der Waals surface area contributed by atoms with E-state index in [1.54, 1.807) is 0 Å². The van der Waals surface area contributed by atoms with Gasteiger partial charge in [-0.15, -0.1) is 0 Å². The Labute approximate surface area is 119 Å². The van der Waals surface area contributed by atoms with Crippen LogP contribution in [0.5, 0.6) is 0 Å². The van der Waals surface area contributed by atoms with Gasteiger partial charge >= 0.3 is 0 Å². The minimum Gasteiger partial charge on any atom is -0.475 e. The lowest BCUT2D eigenvalue weighted by Crippen LogP contribution is -2.45. The first-order valence-corrected chi connectivity index (χ1v) is 8.14. The van der Waals surface area contributed by atoms with Crippen molar-refractivity contribution in [3.05, 3.63) is 11.1 Å². The average Bonchev–Trinajstić information content (AvgIpc) is 3.09. The van der Waals surface area contributed by atoms with Crippen LogP contribution in [0.4, 0.5) is 0 Å². The first kappa shape index (κ1) is 11.4. The van der Waals surface area contributed by atoms with Crippen LogP contribution in [0, 0.1) is 46.8 Å². The summed E-state index contributed by atoms with van der Waals surface area (Å²) < 4.78 is 5.85. The number of nitriles is 1. The Bertz CT molecular complexity index is 564. The second-order valence-corrected chi connectivity index (χ2v) is 7.40. The first-order chi connectivity index (χ1) is 9.79. The van der Waals surface area contributed by atoms with Gasteiger partial charge < -0.3 is 4.74 Å². The van der Waals surface area contributed by atoms with Gasteiger partial charge in [0.25, 0.3) is 0 Å². The van der Waals surface area contributed by atoms with E-state index in [9.17, 15) is 5.26 Å². The van der Waals surface area contributed by atoms with Gasteiger partial charge in [-0.25, -0.2) is 4.99 Å². The molecule has 5 atom stereocenters. The molecule has 0 N–H and O–H groups in total. The molecule has 0 amide bonds. The summed E-state index contributed by atoms with van der Waals surface area (Å²) in [6.07, 6.45) is 5.46. The van der Waals surface area contributed by atoms with Gasteiger partial charge in [-0.1, -0.05) is 0 Å². The quantitative estimate of drug-likeness (QED) is 0.734. The van der Waals surface area contributed by atoms with Crippen LogP contribution in [0.2, 0.25) is 0 Å². The predicted octanol–water partition coefficient (Wildman–Crippen LogP) is 2.94. The van der Waals surface area contributed by atoms with E-state index in [0.717, 1.165) is 35.1 Å². The highest BCUT2D eigenvalue weighted by molar-refractivity contribution is 5.97. The number of nitrogens with zero attached hydrogens (tertiary/aromatic N) is 2. The van der Waals surface area contributed by atoms with E-state index in [1.807, 2.05) is 0 Å². The van der Waals surface area contributed by atoms with Gasteiger partial charge in [0.05, 0.1) is 12.1 Å². The minimum absolute atomic E-state index is 0.257. The van der Waals surface area contributed by atoms with Crippen molar-refractivity contribution in [3.63, 3.8) is 0 Å². The highest BCUT2D eigenvalue weighted by Crippen LogP contribution is 2.69. The van der Waals surface area contributed by atoms with Crippen LogP contribution in [-0.2, 0) is 4.74 Å². The lowest BCUT2D eigenvalue weighted by molar-refractivity contribution is 0.0987. The Kier molecular flexibility index (Phi) is 2.08. The van der Waals surface area contributed by atoms with Crippen molar-refractivity contribution in [3.8, 4) is 6.07 Å². The largest absolute Gasteiger partial charge is 0.475 e. The molecule has 6 rings (SSSR count). The van der Waals surface area contributed by atoms with E-state index in [2.05, 4.69) is 18.0 Å². The van der Waals surface area contributed by atoms with Crippen molar-refractivity contribution in [1.29, 1.82) is 5.26 Å². The summed E-state index contributed by atoms with van der Waals surface area (Å²) in [5.41, 5.74) is 2.30. The summed E-state index contributed by atoms with van der Waals surface area (Å²) in [7, 11) is 0. The molecule has 6 aliphatic rings. The van der Waals surface area contributed by atoms with Crippen molar-refractivity contribution in [2.24, 2.45) is 40.5 Å². The van der Waals surface area contributed by atoms with Crippen LogP contribution < -0.4 is 0 Å². The van der Waals surface area contributed by atoms with Crippen LogP contribution in [-0.4, -0.2) is 18.5 Å². The molecular formula is C17H20N2O. The Morgan fingerprint density at radius 1 is 1.05 bits per heavy atom. The third-order valence-corrected chi connectivity index (χ3v) is 6.72. The molecule has 3 heteroatoms. The fourth-order valence-electron chi connectivity index (χ4n) is 6.27. The number of ether oxygens (including phenoxy) is 1. The molecule has 20 heavy (non-hydrogen) atoms. The molecule has 6 bridgehead atoms. The van der Waals surface area contributed by atoms with Crippen LogP contribution in [0.3, 0.4) is 0 Å². The molecule has 0 aromatic heterocycles. The highest BCUT2D eigenvalue weighted by Gasteiger charge is 2.63. The first-order valence-electron chi connectivity index (χ1n) is 8.14. The molecule has 3 nitrogen and oxygen atoms in total. The number of aliphatic imine (C=N–C) groups is 1. The molecule has 3 fully saturated rings. The summed E-state index contributed by atoms with van der Waals surface area (Å²) in [6.45, 7) is 2.79. The zero-order chi connectivity index (χ0) is 13.4. The summed E-state index contributed by atoms with van der Waals surface area (Å²) >= 11 is 0. The van der Waals surface area contributed by atoms with Crippen LogP contribution in [0.25, 0.3) is 0 Å². The summed E-state index contributed by atoms with van der Waals surface area (Å²) in [5.74, 6) is 5.19. The second kappa shape index (κ2) is 3.67. The third kappa shape index (κ3) is 1.15. The van der Waals surface area contributed by atoms with Crippen LogP contribution in [0.15, 0.2) is 16.1 Å². The molecule has 1 aliphatic heterocycles. The Balaban J connectivity index is 1.71. The van der Waals surface area contributed by atoms with E-state index in [1.165, 1.54) is 31.3 Å². The molecule has 104 valence electrons. The maximum absolute atomic E-state index is 9.75. The zero-order valence-corrected chi connectivity index (χ0v) is 11.9. The van der Waals surface area contributed by atoms with Crippen molar-refractivity contribution < 1.29 is 4.74 Å². The monoisotopic (exact) mass is 268 g/mol. The average molecular weight is 268 g/mol. The van der Waals surface area contributed by atoms with Gasteiger partial charge in [0.1, 0.15) is 6.61 Å². The zero-order valence-electron chi connectivity index (χ0n) is 11.9. The summed E-state index contributed by atoms with van der Waals surface area (Å²) in [6, 6.07) is 2.82. The van der Waals surface area contributed by atoms with Gasteiger partial charge in [0.2, 0.25) is 5.90 Å². The van der Waals surface area contributed by atoms with Gasteiger partial charge in [-0.3, -0.25) is 0 Å². The number of hydrogen-bond acceptors (Lipinski definition) is 3. The van der Waals surface area contributed by atoms with E-state index < -0.39 is 0 Å². The molecule has 5 aliphatic carbocycles. The molecule has 0 aromatic carbocycles. The maximum Gasteiger partial charge on any atom is 0.213 e. The molecule has 1 heterocycles. The Hall–Kier alpha value is -1.30. The standard InChI is InChI=1S/C17H20N2O/c1-8-7-20-17(19-8)16-13(6-18)14-9-2-3-10(14)12-5-4-11(9)15(12)16/h8-12,14-15H,2-5,7H2,1H3/t8-,9?,10?,11?,12?,14?,15?/m0/s1. The van der Waals surface area contributed by atoms with Gasteiger partial charge in [-0.05, 0) is 62.2 Å². The smallest absolute Gasteiger partial charge is 0.213 e. The molecule has 0 radical (unpaired) electrons. The number of rotatable bonds is 1. The van der Waals surface area contributed by atoms with Crippen molar-refractivity contribution in [1.82, 2.24) is 0 Å². The van der Waals surface area contributed by atoms with Gasteiger partial charge in [0, 0.05) is 17.1 Å². The van der Waals surface area contributed by atoms with E-state index >= 15 is 0 Å². The minimum atomic E-state index is 0.257. The molecular weight excluding hydrogens is 248 g/mol. The molecule has 0 saturated heterocycles. The van der Waals surface area contributed by atoms with Crippen LogP contribution in [0.1, 0.15) is 32.6 Å². The Morgan fingerprint density at radius 3 is 2.15 bits per heavy atom. The summed E-state index contributed by atoms with van der Waals surface area (Å²) in [4.78, 5) is 4.68. The lowest BCUT2D eigenvalue weighted by atomic mass is 9.55. The van der Waals surface area contributed by atoms with Crippen molar-refractivity contribution in [2.75, 3.05) is 6.61 Å². The highest BCUT2D eigenvalue weighted by atomic mass is 16.5. The van der Waals surface area contributed by atoms with Gasteiger partial charge in [-0.2, -0.15) is 5.26 Å². The van der Waals surface area contributed by atoms with E-state index in [4.69, 9.17) is 4.74 Å². The SMILES string of the molecule is C[C@H]1COC(C2=C(C#N)C3C4CCC3C3CCC4C23)=N1. The van der Waals surface area contributed by atoms with Crippen molar-refractivity contribution >= 4 is 5.90 Å². The molecule has 3 saturated carbocycles. The lowest BCUT2D eigenvalue weighted by Gasteiger charge is -2.48. The fraction of sp³-hybridized carbons (Fsp3) is 0.765. The molecule has 0 spiro atoms. The fourth-order valence-corrected chi connectivity index (χ4v) is 6.27.